The van der Waals surface area contributed by atoms with Gasteiger partial charge in [-0.25, -0.2) is 0 Å². The van der Waals surface area contributed by atoms with Crippen LogP contribution in [-0.4, -0.2) is 49.3 Å². The molecule has 1 atom stereocenters. The van der Waals surface area contributed by atoms with Crippen LogP contribution in [0.25, 0.3) is 0 Å². The van der Waals surface area contributed by atoms with Gasteiger partial charge in [0.25, 0.3) is 0 Å². The summed E-state index contributed by atoms with van der Waals surface area (Å²) in [6, 6.07) is 0. The lowest BCUT2D eigenvalue weighted by Crippen LogP contribution is -2.69. The Hall–Kier alpha value is -0.120. The summed E-state index contributed by atoms with van der Waals surface area (Å²) >= 11 is 0. The Kier molecular flexibility index (Phi) is 3.89. The number of methoxy groups -OCH3 is 1. The molecular weight excluding hydrogens is 236 g/mol. The maximum Gasteiger partial charge on any atom is 0.0474 e. The molecule has 0 aromatic heterocycles. The average Bonchev–Trinajstić information content (AvgIpc) is 3.16. The van der Waals surface area contributed by atoms with Gasteiger partial charge in [0.2, 0.25) is 0 Å². The van der Waals surface area contributed by atoms with Gasteiger partial charge in [0.15, 0.2) is 0 Å². The van der Waals surface area contributed by atoms with E-state index in [0.717, 1.165) is 12.5 Å². The summed E-state index contributed by atoms with van der Waals surface area (Å²) in [5.41, 5.74) is 0.850. The molecule has 110 valence electrons. The van der Waals surface area contributed by atoms with Crippen molar-refractivity contribution < 1.29 is 4.74 Å². The van der Waals surface area contributed by atoms with Crippen molar-refractivity contribution in [3.8, 4) is 0 Å². The second kappa shape index (κ2) is 5.34. The van der Waals surface area contributed by atoms with Gasteiger partial charge < -0.3 is 10.1 Å². The van der Waals surface area contributed by atoms with Crippen LogP contribution in [0.1, 0.15) is 51.9 Å². The van der Waals surface area contributed by atoms with Gasteiger partial charge in [0, 0.05) is 44.4 Å². The van der Waals surface area contributed by atoms with Crippen molar-refractivity contribution in [1.29, 1.82) is 0 Å². The number of hydrogen-bond acceptors (Lipinski definition) is 3. The van der Waals surface area contributed by atoms with E-state index in [9.17, 15) is 0 Å². The Morgan fingerprint density at radius 3 is 2.63 bits per heavy atom. The predicted molar refractivity (Wildman–Crippen MR) is 78.4 cm³/mol. The number of piperazine rings is 1. The van der Waals surface area contributed by atoms with Gasteiger partial charge in [-0.3, -0.25) is 4.90 Å². The summed E-state index contributed by atoms with van der Waals surface area (Å²) in [6.07, 6.45) is 9.68. The van der Waals surface area contributed by atoms with Gasteiger partial charge >= 0.3 is 0 Å². The van der Waals surface area contributed by atoms with Crippen molar-refractivity contribution in [3.63, 3.8) is 0 Å². The fourth-order valence-corrected chi connectivity index (χ4v) is 4.33. The van der Waals surface area contributed by atoms with Crippen molar-refractivity contribution >= 4 is 0 Å². The first-order valence-corrected chi connectivity index (χ1v) is 8.18. The van der Waals surface area contributed by atoms with E-state index in [1.807, 2.05) is 7.11 Å². The van der Waals surface area contributed by atoms with Gasteiger partial charge in [-0.05, 0) is 44.9 Å². The molecule has 0 aromatic carbocycles. The van der Waals surface area contributed by atoms with E-state index in [1.54, 1.807) is 0 Å². The van der Waals surface area contributed by atoms with Crippen LogP contribution in [0.3, 0.4) is 0 Å². The third-order valence-electron chi connectivity index (χ3n) is 5.80. The monoisotopic (exact) mass is 266 g/mol. The highest BCUT2D eigenvalue weighted by molar-refractivity contribution is 5.10. The van der Waals surface area contributed by atoms with Gasteiger partial charge in [-0.1, -0.05) is 12.8 Å². The Labute approximate surface area is 118 Å². The minimum atomic E-state index is 0.376. The zero-order valence-electron chi connectivity index (χ0n) is 12.7. The van der Waals surface area contributed by atoms with Crippen molar-refractivity contribution in [3.05, 3.63) is 0 Å². The molecule has 1 saturated heterocycles. The van der Waals surface area contributed by atoms with Crippen LogP contribution in [0.15, 0.2) is 0 Å². The molecule has 3 nitrogen and oxygen atoms in total. The third kappa shape index (κ3) is 2.70. The molecule has 3 fully saturated rings. The van der Waals surface area contributed by atoms with Crippen LogP contribution in [0.4, 0.5) is 0 Å². The number of hydrogen-bond donors (Lipinski definition) is 1. The molecule has 1 unspecified atom stereocenters. The van der Waals surface area contributed by atoms with E-state index in [-0.39, 0.29) is 0 Å². The fourth-order valence-electron chi connectivity index (χ4n) is 4.33. The van der Waals surface area contributed by atoms with Crippen molar-refractivity contribution in [2.75, 3.05) is 33.4 Å². The Morgan fingerprint density at radius 1 is 1.26 bits per heavy atom. The molecule has 2 aliphatic carbocycles. The second-order valence-corrected chi connectivity index (χ2v) is 7.24. The zero-order valence-corrected chi connectivity index (χ0v) is 12.7. The van der Waals surface area contributed by atoms with Crippen molar-refractivity contribution in [2.24, 2.45) is 5.92 Å². The SMILES string of the molecule is COCCCN1CC(C)(C2CC2)NCC12CCCC2. The number of nitrogens with one attached hydrogen (secondary N) is 1. The smallest absolute Gasteiger partial charge is 0.0474 e. The number of rotatable bonds is 5. The fraction of sp³-hybridized carbons (Fsp3) is 1.00. The Bertz CT molecular complexity index is 310. The molecule has 0 amide bonds. The van der Waals surface area contributed by atoms with Gasteiger partial charge in [-0.15, -0.1) is 0 Å². The van der Waals surface area contributed by atoms with Crippen LogP contribution in [0.5, 0.6) is 0 Å². The van der Waals surface area contributed by atoms with Crippen molar-refractivity contribution in [2.45, 2.75) is 62.9 Å². The quantitative estimate of drug-likeness (QED) is 0.773. The third-order valence-corrected chi connectivity index (χ3v) is 5.80. The van der Waals surface area contributed by atoms with Gasteiger partial charge in [0.05, 0.1) is 0 Å². The first kappa shape index (κ1) is 13.8. The summed E-state index contributed by atoms with van der Waals surface area (Å²) < 4.78 is 5.25. The standard InChI is InChI=1S/C16H30N2O/c1-15(14-6-7-14)13-18(10-5-11-19-2)16(12-17-15)8-3-4-9-16/h14,17H,3-13H2,1-2H3. The van der Waals surface area contributed by atoms with Crippen LogP contribution in [0, 0.1) is 5.92 Å². The highest BCUT2D eigenvalue weighted by Gasteiger charge is 2.51. The minimum Gasteiger partial charge on any atom is -0.385 e. The molecule has 1 N–H and O–H groups in total. The van der Waals surface area contributed by atoms with Crippen LogP contribution < -0.4 is 5.32 Å². The predicted octanol–water partition coefficient (Wildman–Crippen LogP) is 2.41. The summed E-state index contributed by atoms with van der Waals surface area (Å²) in [4.78, 5) is 2.83. The van der Waals surface area contributed by atoms with Crippen LogP contribution in [0.2, 0.25) is 0 Å². The lowest BCUT2D eigenvalue weighted by Gasteiger charge is -2.53. The van der Waals surface area contributed by atoms with E-state index in [1.165, 1.54) is 64.6 Å². The molecule has 0 bridgehead atoms. The topological polar surface area (TPSA) is 24.5 Å². The van der Waals surface area contributed by atoms with Crippen LogP contribution in [-0.2, 0) is 4.74 Å². The lowest BCUT2D eigenvalue weighted by molar-refractivity contribution is 0.000854. The largest absolute Gasteiger partial charge is 0.385 e. The molecule has 19 heavy (non-hydrogen) atoms. The van der Waals surface area contributed by atoms with E-state index in [2.05, 4.69) is 17.1 Å². The molecule has 0 aromatic rings. The lowest BCUT2D eigenvalue weighted by atomic mass is 9.83. The van der Waals surface area contributed by atoms with Gasteiger partial charge in [-0.2, -0.15) is 0 Å². The van der Waals surface area contributed by atoms with Crippen LogP contribution >= 0.6 is 0 Å². The molecule has 3 rings (SSSR count). The van der Waals surface area contributed by atoms with Crippen molar-refractivity contribution in [1.82, 2.24) is 10.2 Å². The molecular formula is C16H30N2O. The Balaban J connectivity index is 1.68. The minimum absolute atomic E-state index is 0.376. The van der Waals surface area contributed by atoms with Gasteiger partial charge in [0.1, 0.15) is 0 Å². The first-order chi connectivity index (χ1) is 9.19. The average molecular weight is 266 g/mol. The molecule has 3 heteroatoms. The first-order valence-electron chi connectivity index (χ1n) is 8.18. The Morgan fingerprint density at radius 2 is 2.00 bits per heavy atom. The highest BCUT2D eigenvalue weighted by Crippen LogP contribution is 2.45. The normalized spacial score (nSPS) is 35.1. The maximum atomic E-state index is 5.25. The summed E-state index contributed by atoms with van der Waals surface area (Å²) in [5, 5.41) is 3.94. The van der Waals surface area contributed by atoms with E-state index in [0.29, 0.717) is 11.1 Å². The van der Waals surface area contributed by atoms with E-state index in [4.69, 9.17) is 4.74 Å². The number of ether oxygens (including phenoxy) is 1. The molecule has 2 saturated carbocycles. The number of nitrogens with zero attached hydrogens (tertiary/aromatic N) is 1. The molecule has 1 spiro atoms. The second-order valence-electron chi connectivity index (χ2n) is 7.24. The summed E-state index contributed by atoms with van der Waals surface area (Å²) in [6.45, 7) is 7.04. The highest BCUT2D eigenvalue weighted by atomic mass is 16.5. The molecule has 1 heterocycles. The zero-order chi connectivity index (χ0) is 13.3. The maximum absolute atomic E-state index is 5.25. The van der Waals surface area contributed by atoms with E-state index < -0.39 is 0 Å². The molecule has 3 aliphatic rings. The molecule has 0 radical (unpaired) electrons. The molecule has 1 aliphatic heterocycles. The summed E-state index contributed by atoms with van der Waals surface area (Å²) in [7, 11) is 1.82. The van der Waals surface area contributed by atoms with E-state index >= 15 is 0 Å². The summed E-state index contributed by atoms with van der Waals surface area (Å²) in [5.74, 6) is 0.927.